The number of carbonyl (C=O) groups is 2. The molecule has 4 nitrogen and oxygen atoms in total. The van der Waals surface area contributed by atoms with Gasteiger partial charge in [0.15, 0.2) is 0 Å². The van der Waals surface area contributed by atoms with Gasteiger partial charge in [-0.2, -0.15) is 0 Å². The van der Waals surface area contributed by atoms with Gasteiger partial charge in [-0.15, -0.1) is 0 Å². The highest BCUT2D eigenvalue weighted by atomic mass is 16.2. The topological polar surface area (TPSA) is 49.4 Å². The molecule has 0 radical (unpaired) electrons. The summed E-state index contributed by atoms with van der Waals surface area (Å²) in [6, 6.07) is 16.8. The monoisotopic (exact) mass is 352 g/mol. The molecule has 0 spiro atoms. The van der Waals surface area contributed by atoms with E-state index in [-0.39, 0.29) is 11.8 Å². The number of para-hydroxylation sites is 1. The number of hydrogen-bond donors (Lipinski definition) is 1. The fourth-order valence-electron chi connectivity index (χ4n) is 2.48. The fraction of sp³-hybridized carbons (Fsp3) is 0.364. The van der Waals surface area contributed by atoms with Crippen molar-refractivity contribution in [1.82, 2.24) is 0 Å². The van der Waals surface area contributed by atoms with Gasteiger partial charge in [0.2, 0.25) is 5.91 Å². The Kier molecular flexibility index (Phi) is 6.56. The zero-order valence-electron chi connectivity index (χ0n) is 16.1. The molecule has 1 N–H and O–H groups in total. The minimum atomic E-state index is -0.489. The van der Waals surface area contributed by atoms with Gasteiger partial charge in [0, 0.05) is 28.9 Å². The smallest absolute Gasteiger partial charge is 0.258 e. The normalized spacial score (nSPS) is 11.1. The van der Waals surface area contributed by atoms with Crippen molar-refractivity contribution < 1.29 is 9.59 Å². The van der Waals surface area contributed by atoms with Crippen molar-refractivity contribution >= 4 is 23.2 Å². The van der Waals surface area contributed by atoms with E-state index in [9.17, 15) is 9.59 Å². The summed E-state index contributed by atoms with van der Waals surface area (Å²) in [5.41, 5.74) is 1.60. The van der Waals surface area contributed by atoms with Gasteiger partial charge in [0.05, 0.1) is 0 Å². The van der Waals surface area contributed by atoms with E-state index >= 15 is 0 Å². The molecule has 0 aromatic heterocycles. The minimum Gasteiger partial charge on any atom is -0.326 e. The number of carbonyl (C=O) groups excluding carboxylic acids is 2. The number of benzene rings is 2. The summed E-state index contributed by atoms with van der Waals surface area (Å²) in [7, 11) is 0. The van der Waals surface area contributed by atoms with E-state index in [0.29, 0.717) is 17.8 Å². The average Bonchev–Trinajstić information content (AvgIpc) is 2.62. The Hall–Kier alpha value is -2.62. The predicted octanol–water partition coefficient (Wildman–Crippen LogP) is 5.12. The van der Waals surface area contributed by atoms with Crippen LogP contribution in [0.1, 0.15) is 50.9 Å². The maximum absolute atomic E-state index is 13.1. The standard InChI is InChI=1S/C22H28N2O2/c1-5-6-15-24(19-13-8-7-9-14-19)20(25)17-11-10-12-18(16-17)23-21(26)22(2,3)4/h7-14,16H,5-6,15H2,1-4H3,(H,23,26). The molecule has 0 saturated heterocycles. The molecule has 0 bridgehead atoms. The van der Waals surface area contributed by atoms with Gasteiger partial charge in [0.25, 0.3) is 5.91 Å². The first kappa shape index (κ1) is 19.7. The molecule has 0 aliphatic carbocycles. The second-order valence-electron chi connectivity index (χ2n) is 7.43. The molecule has 2 aromatic rings. The molecule has 26 heavy (non-hydrogen) atoms. The maximum atomic E-state index is 13.1. The first-order chi connectivity index (χ1) is 12.3. The van der Waals surface area contributed by atoms with Crippen LogP contribution in [0.4, 0.5) is 11.4 Å². The lowest BCUT2D eigenvalue weighted by atomic mass is 9.95. The molecular weight excluding hydrogens is 324 g/mol. The zero-order valence-corrected chi connectivity index (χ0v) is 16.1. The molecule has 0 aliphatic rings. The lowest BCUT2D eigenvalue weighted by molar-refractivity contribution is -0.123. The van der Waals surface area contributed by atoms with Crippen molar-refractivity contribution in [3.05, 3.63) is 60.2 Å². The van der Waals surface area contributed by atoms with Crippen LogP contribution < -0.4 is 10.2 Å². The predicted molar refractivity (Wildman–Crippen MR) is 108 cm³/mol. The van der Waals surface area contributed by atoms with Crippen LogP contribution in [-0.4, -0.2) is 18.4 Å². The van der Waals surface area contributed by atoms with Crippen LogP contribution in [-0.2, 0) is 4.79 Å². The average molecular weight is 352 g/mol. The first-order valence-corrected chi connectivity index (χ1v) is 9.11. The van der Waals surface area contributed by atoms with Gasteiger partial charge in [-0.25, -0.2) is 0 Å². The summed E-state index contributed by atoms with van der Waals surface area (Å²) in [5, 5.41) is 2.89. The lowest BCUT2D eigenvalue weighted by Crippen LogP contribution is -2.32. The number of hydrogen-bond acceptors (Lipinski definition) is 2. The summed E-state index contributed by atoms with van der Waals surface area (Å²) < 4.78 is 0. The Morgan fingerprint density at radius 1 is 1.00 bits per heavy atom. The summed E-state index contributed by atoms with van der Waals surface area (Å²) in [5.74, 6) is -0.135. The first-order valence-electron chi connectivity index (χ1n) is 9.11. The molecule has 0 saturated carbocycles. The largest absolute Gasteiger partial charge is 0.326 e. The van der Waals surface area contributed by atoms with Crippen molar-refractivity contribution in [2.24, 2.45) is 5.41 Å². The molecule has 4 heteroatoms. The molecule has 0 unspecified atom stereocenters. The van der Waals surface area contributed by atoms with E-state index in [1.807, 2.05) is 51.1 Å². The van der Waals surface area contributed by atoms with E-state index in [2.05, 4.69) is 12.2 Å². The van der Waals surface area contributed by atoms with E-state index in [0.717, 1.165) is 18.5 Å². The quantitative estimate of drug-likeness (QED) is 0.784. The number of amides is 2. The van der Waals surface area contributed by atoms with Gasteiger partial charge >= 0.3 is 0 Å². The summed E-state index contributed by atoms with van der Waals surface area (Å²) in [6.45, 7) is 8.35. The number of anilines is 2. The highest BCUT2D eigenvalue weighted by Gasteiger charge is 2.22. The number of rotatable bonds is 6. The molecular formula is C22H28N2O2. The van der Waals surface area contributed by atoms with Gasteiger partial charge < -0.3 is 10.2 Å². The summed E-state index contributed by atoms with van der Waals surface area (Å²) in [6.07, 6.45) is 1.94. The Labute approximate surface area is 156 Å². The van der Waals surface area contributed by atoms with Gasteiger partial charge in [-0.3, -0.25) is 9.59 Å². The summed E-state index contributed by atoms with van der Waals surface area (Å²) >= 11 is 0. The third-order valence-electron chi connectivity index (χ3n) is 4.10. The number of unbranched alkanes of at least 4 members (excludes halogenated alkanes) is 1. The van der Waals surface area contributed by atoms with Crippen LogP contribution in [0.15, 0.2) is 54.6 Å². The number of nitrogens with one attached hydrogen (secondary N) is 1. The zero-order chi connectivity index (χ0) is 19.2. The summed E-state index contributed by atoms with van der Waals surface area (Å²) in [4.78, 5) is 27.1. The van der Waals surface area contributed by atoms with Crippen molar-refractivity contribution in [2.75, 3.05) is 16.8 Å². The molecule has 0 heterocycles. The molecule has 138 valence electrons. The SMILES string of the molecule is CCCCN(C(=O)c1cccc(NC(=O)C(C)(C)C)c1)c1ccccc1. The second kappa shape index (κ2) is 8.65. The van der Waals surface area contributed by atoms with Gasteiger partial charge in [0.1, 0.15) is 0 Å². The molecule has 0 aliphatic heterocycles. The maximum Gasteiger partial charge on any atom is 0.258 e. The van der Waals surface area contributed by atoms with Crippen molar-refractivity contribution in [1.29, 1.82) is 0 Å². The van der Waals surface area contributed by atoms with Gasteiger partial charge in [-0.05, 0) is 36.8 Å². The van der Waals surface area contributed by atoms with Crippen LogP contribution in [0.25, 0.3) is 0 Å². The van der Waals surface area contributed by atoms with Crippen LogP contribution in [0, 0.1) is 5.41 Å². The van der Waals surface area contributed by atoms with Crippen LogP contribution >= 0.6 is 0 Å². The third kappa shape index (κ3) is 5.19. The molecule has 0 atom stereocenters. The van der Waals surface area contributed by atoms with Gasteiger partial charge in [-0.1, -0.05) is 58.4 Å². The fourth-order valence-corrected chi connectivity index (χ4v) is 2.48. The highest BCUT2D eigenvalue weighted by molar-refractivity contribution is 6.07. The van der Waals surface area contributed by atoms with E-state index in [1.165, 1.54) is 0 Å². The molecule has 0 fully saturated rings. The van der Waals surface area contributed by atoms with E-state index in [1.54, 1.807) is 29.2 Å². The van der Waals surface area contributed by atoms with Crippen molar-refractivity contribution in [3.8, 4) is 0 Å². The Balaban J connectivity index is 2.26. The molecule has 2 amide bonds. The van der Waals surface area contributed by atoms with E-state index < -0.39 is 5.41 Å². The third-order valence-corrected chi connectivity index (χ3v) is 4.10. The molecule has 2 rings (SSSR count). The Morgan fingerprint density at radius 2 is 1.69 bits per heavy atom. The second-order valence-corrected chi connectivity index (χ2v) is 7.43. The highest BCUT2D eigenvalue weighted by Crippen LogP contribution is 2.21. The van der Waals surface area contributed by atoms with Crippen LogP contribution in [0.2, 0.25) is 0 Å². The van der Waals surface area contributed by atoms with Crippen LogP contribution in [0.3, 0.4) is 0 Å². The van der Waals surface area contributed by atoms with Crippen molar-refractivity contribution in [3.63, 3.8) is 0 Å². The van der Waals surface area contributed by atoms with Crippen molar-refractivity contribution in [2.45, 2.75) is 40.5 Å². The molecule has 2 aromatic carbocycles. The van der Waals surface area contributed by atoms with E-state index in [4.69, 9.17) is 0 Å². The Bertz CT molecular complexity index is 748. The minimum absolute atomic E-state index is 0.0588. The lowest BCUT2D eigenvalue weighted by Gasteiger charge is -2.23. The Morgan fingerprint density at radius 3 is 2.31 bits per heavy atom. The van der Waals surface area contributed by atoms with Crippen LogP contribution in [0.5, 0.6) is 0 Å². The number of nitrogens with zero attached hydrogens (tertiary/aromatic N) is 1.